The van der Waals surface area contributed by atoms with E-state index in [2.05, 4.69) is 32.0 Å². The largest absolute Gasteiger partial charge is 0.423 e. The minimum atomic E-state index is -3.77. The van der Waals surface area contributed by atoms with E-state index in [0.717, 1.165) is 69.7 Å². The van der Waals surface area contributed by atoms with Gasteiger partial charge < -0.3 is 28.9 Å². The zero-order valence-corrected chi connectivity index (χ0v) is 36.0. The first-order valence-electron chi connectivity index (χ1n) is 19.4. The van der Waals surface area contributed by atoms with E-state index in [1.807, 2.05) is 65.6 Å². The van der Waals surface area contributed by atoms with Crippen molar-refractivity contribution in [2.75, 3.05) is 68.7 Å². The Hall–Kier alpha value is -5.22. The van der Waals surface area contributed by atoms with Crippen LogP contribution in [-0.4, -0.2) is 90.6 Å². The average Bonchev–Trinajstić information content (AvgIpc) is 3.92. The molecule has 0 amide bonds. The molecule has 4 heterocycles. The molecule has 16 heteroatoms. The first-order chi connectivity index (χ1) is 28.2. The first-order valence-corrected chi connectivity index (χ1v) is 22.4. The number of anilines is 2. The average molecular weight is 888 g/mol. The van der Waals surface area contributed by atoms with Gasteiger partial charge in [0, 0.05) is 63.1 Å². The van der Waals surface area contributed by atoms with Crippen LogP contribution in [-0.2, 0) is 19.7 Å². The maximum Gasteiger partial charge on any atom is 0.298 e. The number of nitrogens with zero attached hydrogens (tertiary/aromatic N) is 5. The highest BCUT2D eigenvalue weighted by Gasteiger charge is 2.28. The fraction of sp³-hybridized carbons (Fsp3) is 0.227. The van der Waals surface area contributed by atoms with Crippen LogP contribution in [0.25, 0.3) is 43.7 Å². The van der Waals surface area contributed by atoms with E-state index in [1.165, 1.54) is 0 Å². The summed E-state index contributed by atoms with van der Waals surface area (Å²) in [6.45, 7) is 9.93. The van der Waals surface area contributed by atoms with Gasteiger partial charge in [-0.15, -0.1) is 24.8 Å². The maximum absolute atomic E-state index is 13.6. The summed E-state index contributed by atoms with van der Waals surface area (Å²) in [5.74, 6) is 0. The van der Waals surface area contributed by atoms with Crippen molar-refractivity contribution in [2.24, 2.45) is 0 Å². The molecule has 0 aliphatic carbocycles. The summed E-state index contributed by atoms with van der Waals surface area (Å²) >= 11 is 0. The summed E-state index contributed by atoms with van der Waals surface area (Å²) in [5, 5.41) is 6.47. The molecule has 312 valence electrons. The Morgan fingerprint density at radius 1 is 0.517 bits per heavy atom. The van der Waals surface area contributed by atoms with Crippen molar-refractivity contribution in [3.05, 3.63) is 121 Å². The summed E-state index contributed by atoms with van der Waals surface area (Å²) in [5.41, 5.74) is 1.74. The van der Waals surface area contributed by atoms with Gasteiger partial charge in [-0.25, -0.2) is 16.8 Å². The third kappa shape index (κ3) is 8.03. The smallest absolute Gasteiger partial charge is 0.298 e. The number of benzene rings is 6. The van der Waals surface area contributed by atoms with Crippen LogP contribution in [0, 0.1) is 0 Å². The molecule has 0 spiro atoms. The molecular formula is C44H44Cl2N6O6S2. The van der Waals surface area contributed by atoms with Crippen LogP contribution in [0.5, 0.6) is 0 Å². The van der Waals surface area contributed by atoms with Gasteiger partial charge >= 0.3 is 0 Å². The van der Waals surface area contributed by atoms with Gasteiger partial charge in [0.25, 0.3) is 12.0 Å². The number of fused-ring (bicyclic) bond motifs is 4. The molecule has 0 unspecified atom stereocenters. The molecule has 60 heavy (non-hydrogen) atoms. The van der Waals surface area contributed by atoms with Gasteiger partial charge in [-0.3, -0.25) is 0 Å². The highest BCUT2D eigenvalue weighted by molar-refractivity contribution is 7.92. The maximum atomic E-state index is 13.6. The number of likely N-dealkylation sites (N-methyl/N-ethyl adjacent to an activating group) is 1. The van der Waals surface area contributed by atoms with Gasteiger partial charge in [0.05, 0.1) is 9.79 Å². The molecule has 0 bridgehead atoms. The minimum absolute atomic E-state index is 0. The Labute approximate surface area is 360 Å². The minimum Gasteiger partial charge on any atom is -0.423 e. The Kier molecular flexibility index (Phi) is 12.7. The Balaban J connectivity index is 0.000000176. The molecule has 1 N–H and O–H groups in total. The van der Waals surface area contributed by atoms with Crippen molar-refractivity contribution in [2.45, 2.75) is 26.5 Å². The highest BCUT2D eigenvalue weighted by Crippen LogP contribution is 2.36. The summed E-state index contributed by atoms with van der Waals surface area (Å²) in [7, 11) is -7.53. The standard InChI is InChI=1S/C23H23N3O3S.C21H19N3O3S.2ClH/c1-2-25-13-15-26(16-14-25)23-24-22-19(29-23)10-6-12-21(22)30(27,28)20-11-5-8-17-7-3-4-9-18(17)20;25-28(26,18-9-3-6-15-5-1-2-7-16(15)18)19-10-4-8-17-20(19)23-21(27-17)24-13-11-22-12-14-24;;/h3-12H,2,13-16H2,1H3;1-10,22H,11-14H2;2*1H. The molecule has 2 aromatic heterocycles. The van der Waals surface area contributed by atoms with E-state index >= 15 is 0 Å². The second kappa shape index (κ2) is 17.8. The lowest BCUT2D eigenvalue weighted by molar-refractivity contribution is 0.266. The highest BCUT2D eigenvalue weighted by atomic mass is 35.5. The third-order valence-corrected chi connectivity index (χ3v) is 14.6. The second-order valence-corrected chi connectivity index (χ2v) is 18.1. The van der Waals surface area contributed by atoms with Crippen LogP contribution < -0.4 is 15.1 Å². The molecule has 12 nitrogen and oxygen atoms in total. The van der Waals surface area contributed by atoms with E-state index in [1.54, 1.807) is 60.7 Å². The molecule has 2 aliphatic rings. The van der Waals surface area contributed by atoms with Crippen LogP contribution in [0.1, 0.15) is 6.92 Å². The van der Waals surface area contributed by atoms with Crippen LogP contribution in [0.15, 0.2) is 150 Å². The van der Waals surface area contributed by atoms with Crippen molar-refractivity contribution < 1.29 is 25.7 Å². The number of nitrogens with one attached hydrogen (secondary N) is 1. The Morgan fingerprint density at radius 3 is 1.38 bits per heavy atom. The third-order valence-electron chi connectivity index (χ3n) is 10.9. The van der Waals surface area contributed by atoms with Gasteiger partial charge in [-0.05, 0) is 53.7 Å². The van der Waals surface area contributed by atoms with E-state index < -0.39 is 19.7 Å². The number of sulfone groups is 2. The quantitative estimate of drug-likeness (QED) is 0.166. The number of oxazole rings is 2. The molecular weight excluding hydrogens is 844 g/mol. The van der Waals surface area contributed by atoms with Crippen LogP contribution in [0.2, 0.25) is 0 Å². The summed E-state index contributed by atoms with van der Waals surface area (Å²) in [4.78, 5) is 16.6. The summed E-state index contributed by atoms with van der Waals surface area (Å²) in [6, 6.07) is 36.8. The van der Waals surface area contributed by atoms with Crippen molar-refractivity contribution in [3.63, 3.8) is 0 Å². The molecule has 10 rings (SSSR count). The van der Waals surface area contributed by atoms with Gasteiger partial charge in [0.2, 0.25) is 19.7 Å². The summed E-state index contributed by atoms with van der Waals surface area (Å²) in [6.07, 6.45) is 0. The van der Waals surface area contributed by atoms with Gasteiger partial charge in [-0.2, -0.15) is 9.97 Å². The zero-order chi connectivity index (χ0) is 39.9. The molecule has 0 saturated carbocycles. The molecule has 8 aromatic rings. The van der Waals surface area contributed by atoms with E-state index in [0.29, 0.717) is 45.0 Å². The van der Waals surface area contributed by atoms with Crippen molar-refractivity contribution in [1.82, 2.24) is 20.2 Å². The van der Waals surface area contributed by atoms with Gasteiger partial charge in [0.1, 0.15) is 20.8 Å². The van der Waals surface area contributed by atoms with Crippen molar-refractivity contribution in [1.29, 1.82) is 0 Å². The lowest BCUT2D eigenvalue weighted by Crippen LogP contribution is -2.46. The molecule has 6 aromatic carbocycles. The molecule has 2 saturated heterocycles. The Morgan fingerprint density at radius 2 is 0.917 bits per heavy atom. The van der Waals surface area contributed by atoms with E-state index in [9.17, 15) is 16.8 Å². The van der Waals surface area contributed by atoms with Gasteiger partial charge in [-0.1, -0.05) is 91.9 Å². The predicted molar refractivity (Wildman–Crippen MR) is 241 cm³/mol. The topological polar surface area (TPSA) is 142 Å². The number of rotatable bonds is 7. The van der Waals surface area contributed by atoms with Crippen molar-refractivity contribution >= 4 is 100 Å². The van der Waals surface area contributed by atoms with Crippen molar-refractivity contribution in [3.8, 4) is 0 Å². The number of para-hydroxylation sites is 2. The van der Waals surface area contributed by atoms with E-state index in [-0.39, 0.29) is 44.4 Å². The molecule has 0 atom stereocenters. The fourth-order valence-electron chi connectivity index (χ4n) is 7.74. The van der Waals surface area contributed by atoms with E-state index in [4.69, 9.17) is 8.83 Å². The fourth-order valence-corrected chi connectivity index (χ4v) is 11.0. The Bertz CT molecular complexity index is 3010. The number of hydrogen-bond donors (Lipinski definition) is 1. The zero-order valence-electron chi connectivity index (χ0n) is 32.7. The van der Waals surface area contributed by atoms with Crippen LogP contribution in [0.3, 0.4) is 0 Å². The number of halogens is 2. The first kappa shape index (κ1) is 42.9. The lowest BCUT2D eigenvalue weighted by Gasteiger charge is -2.32. The summed E-state index contributed by atoms with van der Waals surface area (Å²) < 4.78 is 66.2. The predicted octanol–water partition coefficient (Wildman–Crippen LogP) is 8.02. The molecule has 2 aliphatic heterocycles. The van der Waals surface area contributed by atoms with Crippen LogP contribution in [0.4, 0.5) is 12.0 Å². The van der Waals surface area contributed by atoms with Gasteiger partial charge in [0.15, 0.2) is 11.2 Å². The number of aromatic nitrogens is 2. The number of piperazine rings is 2. The molecule has 0 radical (unpaired) electrons. The van der Waals surface area contributed by atoms with Crippen LogP contribution >= 0.6 is 24.8 Å². The lowest BCUT2D eigenvalue weighted by atomic mass is 10.1. The monoisotopic (exact) mass is 886 g/mol. The number of hydrogen-bond acceptors (Lipinski definition) is 12. The normalized spacial score (nSPS) is 15.1. The second-order valence-electron chi connectivity index (χ2n) is 14.3. The molecule has 2 fully saturated rings. The SMILES string of the molecule is CCN1CCN(c2nc3c(S(=O)(=O)c4cccc5ccccc45)cccc3o2)CC1.Cl.Cl.O=S(=O)(c1cccc2ccccc12)c1cccc2oc(N3CCNCC3)nc12.